The summed E-state index contributed by atoms with van der Waals surface area (Å²) in [6.07, 6.45) is 3.82. The van der Waals surface area contributed by atoms with E-state index in [1.165, 1.54) is 0 Å². The van der Waals surface area contributed by atoms with Crippen molar-refractivity contribution in [2.45, 2.75) is 0 Å². The molecule has 0 unspecified atom stereocenters. The van der Waals surface area contributed by atoms with E-state index >= 15 is 0 Å². The first-order chi connectivity index (χ1) is 9.34. The molecule has 5 heteroatoms. The van der Waals surface area contributed by atoms with Crippen LogP contribution >= 0.6 is 15.9 Å². The van der Waals surface area contributed by atoms with Gasteiger partial charge in [-0.2, -0.15) is 0 Å². The Morgan fingerprint density at radius 1 is 1.05 bits per heavy atom. The molecule has 0 amide bonds. The molecule has 2 heterocycles. The molecule has 1 aromatic carbocycles. The van der Waals surface area contributed by atoms with Crippen LogP contribution in [0.4, 0.5) is 5.69 Å². The minimum absolute atomic E-state index is 0.756. The van der Waals surface area contributed by atoms with Gasteiger partial charge in [0.2, 0.25) is 0 Å². The van der Waals surface area contributed by atoms with Crippen LogP contribution in [0.15, 0.2) is 41.1 Å². The van der Waals surface area contributed by atoms with Crippen LogP contribution < -0.4 is 10.2 Å². The molecule has 1 N–H and O–H groups in total. The third-order valence-corrected chi connectivity index (χ3v) is 3.93. The van der Waals surface area contributed by atoms with Crippen molar-refractivity contribution in [3.05, 3.63) is 41.1 Å². The number of benzene rings is 1. The number of halogens is 1. The summed E-state index contributed by atoms with van der Waals surface area (Å²) in [6.45, 7) is 4.06. The molecule has 4 nitrogen and oxygen atoms in total. The van der Waals surface area contributed by atoms with Gasteiger partial charge < -0.3 is 10.2 Å². The Morgan fingerprint density at radius 2 is 1.74 bits per heavy atom. The largest absolute Gasteiger partial charge is 0.366 e. The fourth-order valence-corrected chi connectivity index (χ4v) is 2.65. The molecule has 0 aliphatic carbocycles. The Balaban J connectivity index is 1.84. The summed E-state index contributed by atoms with van der Waals surface area (Å²) >= 11 is 3.53. The molecule has 0 saturated carbocycles. The van der Waals surface area contributed by atoms with Crippen LogP contribution in [-0.2, 0) is 0 Å². The Bertz CT molecular complexity index is 550. The molecule has 0 atom stereocenters. The number of piperazine rings is 1. The number of hydrogen-bond donors (Lipinski definition) is 1. The fourth-order valence-electron chi connectivity index (χ4n) is 2.19. The molecule has 0 bridgehead atoms. The van der Waals surface area contributed by atoms with Crippen molar-refractivity contribution in [2.24, 2.45) is 0 Å². The van der Waals surface area contributed by atoms with Crippen molar-refractivity contribution in [1.82, 2.24) is 15.3 Å². The molecular weight excluding hydrogens is 304 g/mol. The maximum atomic E-state index is 4.48. The van der Waals surface area contributed by atoms with Crippen molar-refractivity contribution in [1.29, 1.82) is 0 Å². The highest BCUT2D eigenvalue weighted by atomic mass is 79.9. The first-order valence-electron chi connectivity index (χ1n) is 6.37. The Labute approximate surface area is 121 Å². The SMILES string of the molecule is Brc1ccccc1-c1ncc(N2CCNCC2)cn1. The van der Waals surface area contributed by atoms with Gasteiger partial charge in [0.1, 0.15) is 0 Å². The third-order valence-electron chi connectivity index (χ3n) is 3.24. The highest BCUT2D eigenvalue weighted by Gasteiger charge is 2.12. The van der Waals surface area contributed by atoms with Crippen molar-refractivity contribution in [2.75, 3.05) is 31.1 Å². The molecule has 98 valence electrons. The van der Waals surface area contributed by atoms with Gasteiger partial charge in [0.25, 0.3) is 0 Å². The van der Waals surface area contributed by atoms with Gasteiger partial charge in [-0.15, -0.1) is 0 Å². The fraction of sp³-hybridized carbons (Fsp3) is 0.286. The van der Waals surface area contributed by atoms with Gasteiger partial charge in [-0.1, -0.05) is 34.1 Å². The molecule has 3 rings (SSSR count). The van der Waals surface area contributed by atoms with Crippen LogP contribution in [0.3, 0.4) is 0 Å². The monoisotopic (exact) mass is 318 g/mol. The number of nitrogens with zero attached hydrogens (tertiary/aromatic N) is 3. The third kappa shape index (κ3) is 2.77. The zero-order valence-corrected chi connectivity index (χ0v) is 12.1. The highest BCUT2D eigenvalue weighted by molar-refractivity contribution is 9.10. The molecular formula is C14H15BrN4. The quantitative estimate of drug-likeness (QED) is 0.922. The number of anilines is 1. The molecule has 19 heavy (non-hydrogen) atoms. The van der Waals surface area contributed by atoms with E-state index < -0.39 is 0 Å². The van der Waals surface area contributed by atoms with Crippen LogP contribution in [-0.4, -0.2) is 36.1 Å². The highest BCUT2D eigenvalue weighted by Crippen LogP contribution is 2.25. The lowest BCUT2D eigenvalue weighted by Gasteiger charge is -2.28. The second-order valence-electron chi connectivity index (χ2n) is 4.48. The zero-order chi connectivity index (χ0) is 13.1. The minimum atomic E-state index is 0.756. The van der Waals surface area contributed by atoms with Crippen molar-refractivity contribution < 1.29 is 0 Å². The second kappa shape index (κ2) is 5.67. The van der Waals surface area contributed by atoms with Crippen molar-refractivity contribution >= 4 is 21.6 Å². The predicted octanol–water partition coefficient (Wildman–Crippen LogP) is 2.32. The number of hydrogen-bond acceptors (Lipinski definition) is 4. The van der Waals surface area contributed by atoms with E-state index in [0.29, 0.717) is 0 Å². The van der Waals surface area contributed by atoms with E-state index in [1.54, 1.807) is 0 Å². The van der Waals surface area contributed by atoms with E-state index in [9.17, 15) is 0 Å². The molecule has 2 aromatic rings. The van der Waals surface area contributed by atoms with Crippen LogP contribution in [0.2, 0.25) is 0 Å². The van der Waals surface area contributed by atoms with Gasteiger partial charge in [-0.25, -0.2) is 9.97 Å². The molecule has 0 spiro atoms. The maximum absolute atomic E-state index is 4.48. The normalized spacial score (nSPS) is 15.5. The lowest BCUT2D eigenvalue weighted by atomic mass is 10.2. The molecule has 0 radical (unpaired) electrons. The van der Waals surface area contributed by atoms with Crippen molar-refractivity contribution in [3.63, 3.8) is 0 Å². The summed E-state index contributed by atoms with van der Waals surface area (Å²) in [4.78, 5) is 11.3. The van der Waals surface area contributed by atoms with E-state index in [0.717, 1.165) is 47.7 Å². The molecule has 1 saturated heterocycles. The summed E-state index contributed by atoms with van der Waals surface area (Å²) in [5.74, 6) is 0.756. The van der Waals surface area contributed by atoms with E-state index in [1.807, 2.05) is 36.7 Å². The zero-order valence-electron chi connectivity index (χ0n) is 10.5. The van der Waals surface area contributed by atoms with Crippen molar-refractivity contribution in [3.8, 4) is 11.4 Å². The van der Waals surface area contributed by atoms with Gasteiger partial charge in [-0.3, -0.25) is 0 Å². The van der Waals surface area contributed by atoms with E-state index in [-0.39, 0.29) is 0 Å². The van der Waals surface area contributed by atoms with Crippen LogP contribution in [0, 0.1) is 0 Å². The molecule has 1 aliphatic rings. The standard InChI is InChI=1S/C14H15BrN4/c15-13-4-2-1-3-12(13)14-17-9-11(10-18-14)19-7-5-16-6-8-19/h1-4,9-10,16H,5-8H2. The number of nitrogens with one attached hydrogen (secondary N) is 1. The van der Waals surface area contributed by atoms with E-state index in [4.69, 9.17) is 0 Å². The summed E-state index contributed by atoms with van der Waals surface area (Å²) in [7, 11) is 0. The number of aromatic nitrogens is 2. The smallest absolute Gasteiger partial charge is 0.160 e. The second-order valence-corrected chi connectivity index (χ2v) is 5.34. The van der Waals surface area contributed by atoms with Gasteiger partial charge in [-0.05, 0) is 6.07 Å². The van der Waals surface area contributed by atoms with Gasteiger partial charge in [0.05, 0.1) is 18.1 Å². The lowest BCUT2D eigenvalue weighted by molar-refractivity contribution is 0.588. The van der Waals surface area contributed by atoms with Crippen LogP contribution in [0.25, 0.3) is 11.4 Å². The Morgan fingerprint density at radius 3 is 2.42 bits per heavy atom. The molecule has 1 fully saturated rings. The summed E-state index contributed by atoms with van der Waals surface area (Å²) < 4.78 is 1.02. The first kappa shape index (κ1) is 12.6. The Hall–Kier alpha value is -1.46. The average Bonchev–Trinajstić information content (AvgIpc) is 2.49. The predicted molar refractivity (Wildman–Crippen MR) is 80.3 cm³/mol. The number of rotatable bonds is 2. The average molecular weight is 319 g/mol. The van der Waals surface area contributed by atoms with Gasteiger partial charge in [0.15, 0.2) is 5.82 Å². The summed E-state index contributed by atoms with van der Waals surface area (Å²) in [5, 5.41) is 3.34. The lowest BCUT2D eigenvalue weighted by Crippen LogP contribution is -2.43. The first-order valence-corrected chi connectivity index (χ1v) is 7.16. The van der Waals surface area contributed by atoms with Gasteiger partial charge in [0, 0.05) is 36.2 Å². The minimum Gasteiger partial charge on any atom is -0.366 e. The molecule has 1 aliphatic heterocycles. The van der Waals surface area contributed by atoms with Crippen LogP contribution in [0.1, 0.15) is 0 Å². The Kier molecular flexibility index (Phi) is 3.75. The van der Waals surface area contributed by atoms with E-state index in [2.05, 4.69) is 36.1 Å². The topological polar surface area (TPSA) is 41.1 Å². The summed E-state index contributed by atoms with van der Waals surface area (Å²) in [5.41, 5.74) is 2.12. The molecule has 1 aromatic heterocycles. The summed E-state index contributed by atoms with van der Waals surface area (Å²) in [6, 6.07) is 8.00. The maximum Gasteiger partial charge on any atom is 0.160 e. The van der Waals surface area contributed by atoms with Crippen LogP contribution in [0.5, 0.6) is 0 Å². The van der Waals surface area contributed by atoms with Gasteiger partial charge >= 0.3 is 0 Å².